The van der Waals surface area contributed by atoms with Crippen LogP contribution in [0.15, 0.2) is 18.2 Å². The average molecular weight is 256 g/mol. The summed E-state index contributed by atoms with van der Waals surface area (Å²) in [6.07, 6.45) is 1.15. The van der Waals surface area contributed by atoms with Gasteiger partial charge in [-0.3, -0.25) is 13.8 Å². The monoisotopic (exact) mass is 256 g/mol. The fourth-order valence-electron chi connectivity index (χ4n) is 1.82. The summed E-state index contributed by atoms with van der Waals surface area (Å²) in [7, 11) is -1.15. The lowest BCUT2D eigenvalue weighted by Gasteiger charge is -2.15. The van der Waals surface area contributed by atoms with Crippen LogP contribution in [0.4, 0.5) is 0 Å². The van der Waals surface area contributed by atoms with Crippen LogP contribution in [0.5, 0.6) is 5.75 Å². The molecule has 0 saturated heterocycles. The first kappa shape index (κ1) is 12.3. The molecule has 0 radical (unpaired) electrons. The maximum atomic E-state index is 11.8. The van der Waals surface area contributed by atoms with Gasteiger partial charge < -0.3 is 4.52 Å². The van der Waals surface area contributed by atoms with Gasteiger partial charge in [0.25, 0.3) is 0 Å². The van der Waals surface area contributed by atoms with Gasteiger partial charge in [0, 0.05) is 20.6 Å². The number of aryl methyl sites for hydroxylation is 1. The van der Waals surface area contributed by atoms with Crippen molar-refractivity contribution in [2.24, 2.45) is 0 Å². The highest BCUT2D eigenvalue weighted by molar-refractivity contribution is 7.48. The van der Waals surface area contributed by atoms with Crippen LogP contribution in [0, 0.1) is 0 Å². The van der Waals surface area contributed by atoms with Gasteiger partial charge in [-0.25, -0.2) is 4.57 Å². The number of ketones is 1. The van der Waals surface area contributed by atoms with E-state index < -0.39 is 7.82 Å². The second kappa shape index (κ2) is 4.61. The molecule has 0 atom stereocenters. The van der Waals surface area contributed by atoms with Crippen LogP contribution in [0.1, 0.15) is 22.3 Å². The van der Waals surface area contributed by atoms with Crippen LogP contribution in [0.3, 0.4) is 0 Å². The van der Waals surface area contributed by atoms with E-state index >= 15 is 0 Å². The molecule has 92 valence electrons. The van der Waals surface area contributed by atoms with Crippen molar-refractivity contribution < 1.29 is 22.9 Å². The van der Waals surface area contributed by atoms with E-state index in [4.69, 9.17) is 4.52 Å². The second-order valence-corrected chi connectivity index (χ2v) is 5.42. The minimum atomic E-state index is -3.61. The normalized spacial score (nSPS) is 14.8. The van der Waals surface area contributed by atoms with E-state index in [1.807, 2.05) is 6.07 Å². The van der Waals surface area contributed by atoms with Gasteiger partial charge in [-0.1, -0.05) is 12.1 Å². The predicted molar refractivity (Wildman–Crippen MR) is 61.3 cm³/mol. The lowest BCUT2D eigenvalue weighted by molar-refractivity contribution is 0.0992. The van der Waals surface area contributed by atoms with Gasteiger partial charge in [-0.15, -0.1) is 0 Å². The van der Waals surface area contributed by atoms with Crippen LogP contribution >= 0.6 is 7.82 Å². The van der Waals surface area contributed by atoms with E-state index in [-0.39, 0.29) is 11.5 Å². The zero-order valence-corrected chi connectivity index (χ0v) is 10.5. The second-order valence-electron chi connectivity index (χ2n) is 3.62. The minimum Gasteiger partial charge on any atom is -0.403 e. The number of benzene rings is 1. The quantitative estimate of drug-likeness (QED) is 0.775. The van der Waals surface area contributed by atoms with E-state index in [2.05, 4.69) is 9.05 Å². The van der Waals surface area contributed by atoms with Crippen molar-refractivity contribution in [2.45, 2.75) is 12.8 Å². The van der Waals surface area contributed by atoms with Gasteiger partial charge >= 0.3 is 7.82 Å². The number of carbonyl (C=O) groups is 1. The molecule has 1 aliphatic rings. The molecule has 2 rings (SSSR count). The Morgan fingerprint density at radius 3 is 2.53 bits per heavy atom. The Balaban J connectivity index is 2.38. The highest BCUT2D eigenvalue weighted by atomic mass is 31.2. The van der Waals surface area contributed by atoms with Gasteiger partial charge in [0.2, 0.25) is 0 Å². The molecule has 17 heavy (non-hydrogen) atoms. The van der Waals surface area contributed by atoms with Crippen molar-refractivity contribution in [2.75, 3.05) is 14.2 Å². The number of phosphoric ester groups is 1. The number of Topliss-reactive ketones (excluding diaryl/α,β-unsaturated/α-hetero) is 1. The number of rotatable bonds is 4. The molecule has 0 aromatic heterocycles. The number of carbonyl (C=O) groups excluding carboxylic acids is 1. The highest BCUT2D eigenvalue weighted by Crippen LogP contribution is 2.49. The molecular weight excluding hydrogens is 243 g/mol. The lowest BCUT2D eigenvalue weighted by atomic mass is 10.1. The summed E-state index contributed by atoms with van der Waals surface area (Å²) in [4.78, 5) is 11.7. The Morgan fingerprint density at radius 2 is 1.88 bits per heavy atom. The first-order valence-corrected chi connectivity index (χ1v) is 6.62. The van der Waals surface area contributed by atoms with Gasteiger partial charge in [0.1, 0.15) is 5.75 Å². The first-order chi connectivity index (χ1) is 8.09. The Hall–Kier alpha value is -1.16. The SMILES string of the molecule is COP(=O)(OC)Oc1cccc2c1C(=O)CC2. The van der Waals surface area contributed by atoms with Crippen molar-refractivity contribution in [1.82, 2.24) is 0 Å². The molecule has 0 aliphatic heterocycles. The fourth-order valence-corrected chi connectivity index (χ4v) is 2.51. The number of fused-ring (bicyclic) bond motifs is 1. The van der Waals surface area contributed by atoms with Gasteiger partial charge in [-0.2, -0.15) is 0 Å². The third-order valence-electron chi connectivity index (χ3n) is 2.67. The molecule has 0 heterocycles. The van der Waals surface area contributed by atoms with Crippen molar-refractivity contribution >= 4 is 13.6 Å². The summed E-state index contributed by atoms with van der Waals surface area (Å²) in [5, 5.41) is 0. The summed E-state index contributed by atoms with van der Waals surface area (Å²) in [6.45, 7) is 0. The van der Waals surface area contributed by atoms with Crippen molar-refractivity contribution in [3.8, 4) is 5.75 Å². The van der Waals surface area contributed by atoms with Gasteiger partial charge in [0.15, 0.2) is 5.78 Å². The van der Waals surface area contributed by atoms with E-state index in [0.717, 1.165) is 5.56 Å². The van der Waals surface area contributed by atoms with Crippen LogP contribution in [0.25, 0.3) is 0 Å². The minimum absolute atomic E-state index is 0.00523. The third-order valence-corrected chi connectivity index (χ3v) is 3.98. The van der Waals surface area contributed by atoms with Gasteiger partial charge in [-0.05, 0) is 18.1 Å². The van der Waals surface area contributed by atoms with Crippen molar-refractivity contribution in [1.29, 1.82) is 0 Å². The average Bonchev–Trinajstić information content (AvgIpc) is 2.72. The molecule has 0 unspecified atom stereocenters. The summed E-state index contributed by atoms with van der Waals surface area (Å²) in [5.74, 6) is 0.256. The molecular formula is C11H13O5P. The highest BCUT2D eigenvalue weighted by Gasteiger charge is 2.30. The molecule has 0 fully saturated rings. The summed E-state index contributed by atoms with van der Waals surface area (Å²) >= 11 is 0. The lowest BCUT2D eigenvalue weighted by Crippen LogP contribution is -2.02. The number of phosphoric acid groups is 1. The summed E-state index contributed by atoms with van der Waals surface area (Å²) in [5.41, 5.74) is 1.40. The van der Waals surface area contributed by atoms with E-state index in [9.17, 15) is 9.36 Å². The van der Waals surface area contributed by atoms with Crippen molar-refractivity contribution in [3.63, 3.8) is 0 Å². The third kappa shape index (κ3) is 2.27. The smallest absolute Gasteiger partial charge is 0.403 e. The Kier molecular flexibility index (Phi) is 3.33. The molecule has 0 spiro atoms. The molecule has 0 N–H and O–H groups in total. The molecule has 0 bridgehead atoms. The topological polar surface area (TPSA) is 61.8 Å². The van der Waals surface area contributed by atoms with Crippen LogP contribution in [-0.4, -0.2) is 20.0 Å². The van der Waals surface area contributed by atoms with Crippen LogP contribution in [-0.2, 0) is 20.0 Å². The predicted octanol–water partition coefficient (Wildman–Crippen LogP) is 2.60. The zero-order valence-electron chi connectivity index (χ0n) is 9.63. The van der Waals surface area contributed by atoms with E-state index in [0.29, 0.717) is 18.4 Å². The first-order valence-electron chi connectivity index (χ1n) is 5.16. The van der Waals surface area contributed by atoms with Crippen molar-refractivity contribution in [3.05, 3.63) is 29.3 Å². The summed E-state index contributed by atoms with van der Waals surface area (Å²) < 4.78 is 26.4. The maximum Gasteiger partial charge on any atom is 0.529 e. The molecule has 5 nitrogen and oxygen atoms in total. The maximum absolute atomic E-state index is 11.8. The van der Waals surface area contributed by atoms with E-state index in [1.54, 1.807) is 12.1 Å². The molecule has 1 aromatic rings. The Labute approximate surface area is 99.3 Å². The summed E-state index contributed by atoms with van der Waals surface area (Å²) in [6, 6.07) is 5.20. The standard InChI is InChI=1S/C11H13O5P/c1-14-17(13,15-2)16-10-5-3-4-8-6-7-9(12)11(8)10/h3-5H,6-7H2,1-2H3. The fraction of sp³-hybridized carbons (Fsp3) is 0.364. The largest absolute Gasteiger partial charge is 0.529 e. The zero-order chi connectivity index (χ0) is 12.5. The number of hydrogen-bond donors (Lipinski definition) is 0. The molecule has 0 saturated carbocycles. The molecule has 1 aromatic carbocycles. The molecule has 0 amide bonds. The molecule has 1 aliphatic carbocycles. The Bertz CT molecular complexity index is 489. The van der Waals surface area contributed by atoms with E-state index in [1.165, 1.54) is 14.2 Å². The van der Waals surface area contributed by atoms with Gasteiger partial charge in [0.05, 0.1) is 5.56 Å². The molecule has 6 heteroatoms. The number of hydrogen-bond acceptors (Lipinski definition) is 5. The Morgan fingerprint density at radius 1 is 1.18 bits per heavy atom. The van der Waals surface area contributed by atoms with Crippen LogP contribution < -0.4 is 4.52 Å². The van der Waals surface area contributed by atoms with Crippen LogP contribution in [0.2, 0.25) is 0 Å².